The summed E-state index contributed by atoms with van der Waals surface area (Å²) >= 11 is 0. The van der Waals surface area contributed by atoms with Crippen LogP contribution in [0.1, 0.15) is 24.8 Å². The normalized spacial score (nSPS) is 17.6. The van der Waals surface area contributed by atoms with E-state index in [1.54, 1.807) is 0 Å². The van der Waals surface area contributed by atoms with E-state index >= 15 is 0 Å². The topological polar surface area (TPSA) is 29.5 Å². The van der Waals surface area contributed by atoms with Gasteiger partial charge in [-0.25, -0.2) is 4.79 Å². The Hall–Kier alpha value is -2.03. The van der Waals surface area contributed by atoms with E-state index in [0.29, 0.717) is 0 Å². The number of anilines is 1. The lowest BCUT2D eigenvalue weighted by atomic mass is 9.85. The molecule has 0 saturated carbocycles. The van der Waals surface area contributed by atoms with Crippen LogP contribution in [-0.4, -0.2) is 20.1 Å². The first-order valence-electron chi connectivity index (χ1n) is 6.59. The molecule has 0 unspecified atom stereocenters. The maximum Gasteiger partial charge on any atom is 0.338 e. The third-order valence-electron chi connectivity index (χ3n) is 3.87. The highest BCUT2D eigenvalue weighted by atomic mass is 16.5. The van der Waals surface area contributed by atoms with Crippen molar-refractivity contribution in [3.8, 4) is 0 Å². The monoisotopic (exact) mass is 255 g/mol. The molecule has 1 aliphatic carbocycles. The second-order valence-electron chi connectivity index (χ2n) is 4.90. The molecular formula is C16H17NO2. The van der Waals surface area contributed by atoms with Crippen LogP contribution in [0.25, 0.3) is 5.57 Å². The molecule has 2 aliphatic rings. The first-order chi connectivity index (χ1) is 9.24. The molecule has 19 heavy (non-hydrogen) atoms. The highest BCUT2D eigenvalue weighted by molar-refractivity contribution is 6.21. The van der Waals surface area contributed by atoms with Gasteiger partial charge in [0, 0.05) is 24.0 Å². The minimum absolute atomic E-state index is 0.233. The van der Waals surface area contributed by atoms with Crippen molar-refractivity contribution in [2.24, 2.45) is 0 Å². The second kappa shape index (κ2) is 4.57. The molecule has 0 radical (unpaired) electrons. The van der Waals surface area contributed by atoms with Gasteiger partial charge in [-0.05, 0) is 30.9 Å². The number of benzene rings is 1. The average molecular weight is 255 g/mol. The van der Waals surface area contributed by atoms with Crippen molar-refractivity contribution in [1.82, 2.24) is 0 Å². The third kappa shape index (κ3) is 1.77. The van der Waals surface area contributed by atoms with Crippen molar-refractivity contribution in [1.29, 1.82) is 0 Å². The van der Waals surface area contributed by atoms with Gasteiger partial charge < -0.3 is 9.64 Å². The van der Waals surface area contributed by atoms with E-state index in [1.165, 1.54) is 7.11 Å². The van der Waals surface area contributed by atoms with Gasteiger partial charge in [0.15, 0.2) is 0 Å². The van der Waals surface area contributed by atoms with Gasteiger partial charge in [0.05, 0.1) is 12.7 Å². The molecule has 0 spiro atoms. The molecule has 0 aromatic heterocycles. The van der Waals surface area contributed by atoms with E-state index in [1.807, 2.05) is 24.3 Å². The average Bonchev–Trinajstić information content (AvgIpc) is 2.47. The van der Waals surface area contributed by atoms with Gasteiger partial charge in [0.2, 0.25) is 0 Å². The van der Waals surface area contributed by atoms with Crippen molar-refractivity contribution in [3.05, 3.63) is 47.2 Å². The summed E-state index contributed by atoms with van der Waals surface area (Å²) in [7, 11) is 3.51. The van der Waals surface area contributed by atoms with Crippen molar-refractivity contribution in [2.45, 2.75) is 19.3 Å². The van der Waals surface area contributed by atoms with Gasteiger partial charge in [-0.2, -0.15) is 0 Å². The largest absolute Gasteiger partial charge is 0.465 e. The molecular weight excluding hydrogens is 238 g/mol. The number of esters is 1. The number of likely N-dealkylation sites (N-methyl/N-ethyl adjacent to an activating group) is 1. The van der Waals surface area contributed by atoms with Gasteiger partial charge in [-0.1, -0.05) is 24.3 Å². The van der Waals surface area contributed by atoms with Crippen molar-refractivity contribution < 1.29 is 9.53 Å². The Morgan fingerprint density at radius 1 is 1.32 bits per heavy atom. The molecule has 98 valence electrons. The smallest absolute Gasteiger partial charge is 0.338 e. The maximum absolute atomic E-state index is 12.2. The summed E-state index contributed by atoms with van der Waals surface area (Å²) in [6, 6.07) is 8.01. The lowest BCUT2D eigenvalue weighted by Crippen LogP contribution is -2.27. The van der Waals surface area contributed by atoms with E-state index in [4.69, 9.17) is 4.74 Å². The molecule has 1 heterocycles. The van der Waals surface area contributed by atoms with Crippen molar-refractivity contribution >= 4 is 17.2 Å². The maximum atomic E-state index is 12.2. The molecule has 1 aliphatic heterocycles. The first-order valence-corrected chi connectivity index (χ1v) is 6.59. The van der Waals surface area contributed by atoms with Crippen LogP contribution in [0, 0.1) is 0 Å². The molecule has 3 heteroatoms. The third-order valence-corrected chi connectivity index (χ3v) is 3.87. The van der Waals surface area contributed by atoms with Crippen LogP contribution in [0.5, 0.6) is 0 Å². The Morgan fingerprint density at radius 2 is 2.11 bits per heavy atom. The Bertz CT molecular complexity index is 599. The Balaban J connectivity index is 2.29. The second-order valence-corrected chi connectivity index (χ2v) is 4.90. The SMILES string of the molecule is COC(=O)C1=C2CCCC=C2N(C)c2ccccc21. The summed E-state index contributed by atoms with van der Waals surface area (Å²) in [5, 5.41) is 0. The number of carbonyl (C=O) groups excluding carboxylic acids is 1. The number of allylic oxidation sites excluding steroid dienone is 2. The van der Waals surface area contributed by atoms with Gasteiger partial charge in [-0.3, -0.25) is 0 Å². The van der Waals surface area contributed by atoms with E-state index in [9.17, 15) is 4.79 Å². The highest BCUT2D eigenvalue weighted by Crippen LogP contribution is 2.43. The Labute approximate surface area is 113 Å². The van der Waals surface area contributed by atoms with Gasteiger partial charge in [0.1, 0.15) is 0 Å². The van der Waals surface area contributed by atoms with Gasteiger partial charge in [-0.15, -0.1) is 0 Å². The number of ether oxygens (including phenoxy) is 1. The van der Waals surface area contributed by atoms with Gasteiger partial charge >= 0.3 is 5.97 Å². The molecule has 1 aromatic carbocycles. The fraction of sp³-hybridized carbons (Fsp3) is 0.312. The number of hydrogen-bond donors (Lipinski definition) is 0. The first kappa shape index (κ1) is 12.0. The number of carbonyl (C=O) groups is 1. The number of nitrogens with zero attached hydrogens (tertiary/aromatic N) is 1. The summed E-state index contributed by atoms with van der Waals surface area (Å²) in [4.78, 5) is 14.3. The molecule has 0 amide bonds. The van der Waals surface area contributed by atoms with Crippen molar-refractivity contribution in [3.63, 3.8) is 0 Å². The lowest BCUT2D eigenvalue weighted by Gasteiger charge is -2.35. The summed E-state index contributed by atoms with van der Waals surface area (Å²) < 4.78 is 4.99. The van der Waals surface area contributed by atoms with Crippen LogP contribution >= 0.6 is 0 Å². The molecule has 0 atom stereocenters. The predicted octanol–water partition coefficient (Wildman–Crippen LogP) is 3.13. The number of rotatable bonds is 1. The fourth-order valence-corrected chi connectivity index (χ4v) is 2.97. The van der Waals surface area contributed by atoms with E-state index in [2.05, 4.69) is 18.0 Å². The Kier molecular flexibility index (Phi) is 2.90. The zero-order valence-corrected chi connectivity index (χ0v) is 11.3. The number of para-hydroxylation sites is 1. The minimum atomic E-state index is -0.233. The van der Waals surface area contributed by atoms with Crippen LogP contribution in [0.15, 0.2) is 41.6 Å². The van der Waals surface area contributed by atoms with Crippen molar-refractivity contribution in [2.75, 3.05) is 19.1 Å². The quantitative estimate of drug-likeness (QED) is 0.722. The standard InChI is InChI=1S/C16H17NO2/c1-17-13-9-5-3-7-11(13)15(16(18)19-2)12-8-4-6-10-14(12)17/h3,5,7,9-10H,4,6,8H2,1-2H3. The summed E-state index contributed by atoms with van der Waals surface area (Å²) in [6.07, 6.45) is 5.32. The number of fused-ring (bicyclic) bond motifs is 2. The summed E-state index contributed by atoms with van der Waals surface area (Å²) in [6.45, 7) is 0. The van der Waals surface area contributed by atoms with E-state index in [0.717, 1.165) is 47.4 Å². The molecule has 0 bridgehead atoms. The zero-order valence-electron chi connectivity index (χ0n) is 11.3. The molecule has 0 N–H and O–H groups in total. The summed E-state index contributed by atoms with van der Waals surface area (Å²) in [5.41, 5.74) is 5.07. The minimum Gasteiger partial charge on any atom is -0.465 e. The number of hydrogen-bond acceptors (Lipinski definition) is 3. The van der Waals surface area contributed by atoms with Crippen LogP contribution in [0.4, 0.5) is 5.69 Å². The van der Waals surface area contributed by atoms with Gasteiger partial charge in [0.25, 0.3) is 0 Å². The number of methoxy groups -OCH3 is 1. The van der Waals surface area contributed by atoms with Crippen LogP contribution < -0.4 is 4.90 Å². The molecule has 0 fully saturated rings. The van der Waals surface area contributed by atoms with Crippen LogP contribution in [0.2, 0.25) is 0 Å². The predicted molar refractivity (Wildman–Crippen MR) is 75.7 cm³/mol. The molecule has 3 nitrogen and oxygen atoms in total. The van der Waals surface area contributed by atoms with Crippen LogP contribution in [0.3, 0.4) is 0 Å². The molecule has 1 aromatic rings. The summed E-state index contributed by atoms with van der Waals surface area (Å²) in [5.74, 6) is -0.233. The molecule has 3 rings (SSSR count). The fourth-order valence-electron chi connectivity index (χ4n) is 2.97. The Morgan fingerprint density at radius 3 is 2.89 bits per heavy atom. The van der Waals surface area contributed by atoms with E-state index in [-0.39, 0.29) is 5.97 Å². The van der Waals surface area contributed by atoms with E-state index < -0.39 is 0 Å². The molecule has 0 saturated heterocycles. The van der Waals surface area contributed by atoms with Crippen LogP contribution in [-0.2, 0) is 9.53 Å². The highest BCUT2D eigenvalue weighted by Gasteiger charge is 2.31. The zero-order chi connectivity index (χ0) is 13.4. The lowest BCUT2D eigenvalue weighted by molar-refractivity contribution is -0.133.